The number of carbonyl (C=O) groups is 1. The van der Waals surface area contributed by atoms with Crippen molar-refractivity contribution in [3.8, 4) is 0 Å². The van der Waals surface area contributed by atoms with Gasteiger partial charge in [0.2, 0.25) is 5.91 Å². The fraction of sp³-hybridized carbons (Fsp3) is 0.294. The summed E-state index contributed by atoms with van der Waals surface area (Å²) in [5.74, 6) is 0.401. The van der Waals surface area contributed by atoms with Gasteiger partial charge in [0.25, 0.3) is 0 Å². The highest BCUT2D eigenvalue weighted by molar-refractivity contribution is 5.83. The monoisotopic (exact) mass is 296 g/mol. The molecule has 1 N–H and O–H groups in total. The van der Waals surface area contributed by atoms with E-state index in [4.69, 9.17) is 0 Å². The molecule has 0 saturated heterocycles. The Morgan fingerprint density at radius 2 is 2.14 bits per heavy atom. The molecule has 2 heterocycles. The smallest absolute Gasteiger partial charge is 0.239 e. The predicted molar refractivity (Wildman–Crippen MR) is 86.3 cm³/mol. The summed E-state index contributed by atoms with van der Waals surface area (Å²) >= 11 is 0. The minimum atomic E-state index is 0.0406. The summed E-state index contributed by atoms with van der Waals surface area (Å²) in [6.45, 7) is 3.99. The number of hydrogen-bond donors (Lipinski definition) is 1. The number of aromatic nitrogens is 3. The third kappa shape index (κ3) is 3.36. The van der Waals surface area contributed by atoms with Crippen molar-refractivity contribution in [2.45, 2.75) is 20.0 Å². The molecule has 5 nitrogen and oxygen atoms in total. The number of nitrogens with one attached hydrogen (secondary N) is 1. The van der Waals surface area contributed by atoms with Crippen molar-refractivity contribution < 1.29 is 4.79 Å². The van der Waals surface area contributed by atoms with Crippen LogP contribution in [0.3, 0.4) is 0 Å². The molecule has 0 radical (unpaired) electrons. The van der Waals surface area contributed by atoms with Gasteiger partial charge in [0.15, 0.2) is 0 Å². The molecule has 1 amide bonds. The lowest BCUT2D eigenvalue weighted by molar-refractivity contribution is -0.121. The zero-order chi connectivity index (χ0) is 15.4. The number of carbonyl (C=O) groups excluding carboxylic acids is 1. The molecule has 3 aromatic rings. The quantitative estimate of drug-likeness (QED) is 0.759. The standard InChI is InChI=1S/C17H20N4O/c1-14(11-20-9-7-18-13-20)10-19-17(22)12-21-8-6-15-4-2-3-5-16(15)21/h2-9,13-14H,10-12H2,1H3,(H,19,22)/t14-/m0/s1. The van der Waals surface area contributed by atoms with Gasteiger partial charge in [-0.15, -0.1) is 0 Å². The van der Waals surface area contributed by atoms with Crippen LogP contribution in [0.5, 0.6) is 0 Å². The second-order valence-corrected chi connectivity index (χ2v) is 5.67. The third-order valence-corrected chi connectivity index (χ3v) is 3.72. The van der Waals surface area contributed by atoms with E-state index in [1.165, 1.54) is 0 Å². The fourth-order valence-corrected chi connectivity index (χ4v) is 2.60. The molecule has 1 aromatic carbocycles. The van der Waals surface area contributed by atoms with Crippen molar-refractivity contribution in [1.82, 2.24) is 19.4 Å². The molecule has 3 rings (SSSR count). The number of amides is 1. The zero-order valence-electron chi connectivity index (χ0n) is 12.6. The molecule has 0 unspecified atom stereocenters. The molecule has 0 aliphatic carbocycles. The fourth-order valence-electron chi connectivity index (χ4n) is 2.60. The number of rotatable bonds is 6. The highest BCUT2D eigenvalue weighted by Crippen LogP contribution is 2.14. The van der Waals surface area contributed by atoms with Crippen molar-refractivity contribution >= 4 is 16.8 Å². The van der Waals surface area contributed by atoms with Crippen LogP contribution in [0.15, 0.2) is 55.2 Å². The van der Waals surface area contributed by atoms with Crippen molar-refractivity contribution in [2.24, 2.45) is 5.92 Å². The van der Waals surface area contributed by atoms with Crippen LogP contribution in [0.4, 0.5) is 0 Å². The summed E-state index contributed by atoms with van der Waals surface area (Å²) in [6, 6.07) is 10.1. The van der Waals surface area contributed by atoms with Gasteiger partial charge in [-0.3, -0.25) is 4.79 Å². The average Bonchev–Trinajstić information content (AvgIpc) is 3.16. The number of imidazole rings is 1. The van der Waals surface area contributed by atoms with E-state index in [-0.39, 0.29) is 5.91 Å². The predicted octanol–water partition coefficient (Wildman–Crippen LogP) is 2.29. The normalized spacial score (nSPS) is 12.4. The Bertz CT molecular complexity index is 745. The highest BCUT2D eigenvalue weighted by atomic mass is 16.1. The van der Waals surface area contributed by atoms with Crippen LogP contribution in [-0.4, -0.2) is 26.6 Å². The van der Waals surface area contributed by atoms with E-state index < -0.39 is 0 Å². The molecule has 114 valence electrons. The van der Waals surface area contributed by atoms with E-state index >= 15 is 0 Å². The Morgan fingerprint density at radius 3 is 2.95 bits per heavy atom. The molecule has 0 aliphatic rings. The first-order valence-electron chi connectivity index (χ1n) is 7.48. The lowest BCUT2D eigenvalue weighted by Gasteiger charge is -2.13. The Labute approximate surface area is 129 Å². The van der Waals surface area contributed by atoms with Crippen LogP contribution >= 0.6 is 0 Å². The van der Waals surface area contributed by atoms with Crippen molar-refractivity contribution in [1.29, 1.82) is 0 Å². The van der Waals surface area contributed by atoms with Crippen molar-refractivity contribution in [3.05, 3.63) is 55.2 Å². The minimum absolute atomic E-state index is 0.0406. The van der Waals surface area contributed by atoms with Crippen molar-refractivity contribution in [2.75, 3.05) is 6.54 Å². The first-order chi connectivity index (χ1) is 10.7. The van der Waals surface area contributed by atoms with Crippen LogP contribution in [0.25, 0.3) is 10.9 Å². The first kappa shape index (κ1) is 14.4. The SMILES string of the molecule is C[C@@H](CNC(=O)Cn1ccc2ccccc21)Cn1ccnc1. The second-order valence-electron chi connectivity index (χ2n) is 5.67. The van der Waals surface area contributed by atoms with Gasteiger partial charge in [-0.05, 0) is 23.4 Å². The number of para-hydroxylation sites is 1. The van der Waals surface area contributed by atoms with Gasteiger partial charge in [0, 0.05) is 37.2 Å². The summed E-state index contributed by atoms with van der Waals surface area (Å²) in [5.41, 5.74) is 1.09. The molecule has 2 aromatic heterocycles. The maximum atomic E-state index is 12.1. The van der Waals surface area contributed by atoms with Crippen molar-refractivity contribution in [3.63, 3.8) is 0 Å². The summed E-state index contributed by atoms with van der Waals surface area (Å²) < 4.78 is 4.00. The van der Waals surface area contributed by atoms with E-state index in [1.54, 1.807) is 12.5 Å². The summed E-state index contributed by atoms with van der Waals surface area (Å²) in [7, 11) is 0. The van der Waals surface area contributed by atoms with Crippen LogP contribution in [0.2, 0.25) is 0 Å². The van der Waals surface area contributed by atoms with Gasteiger partial charge in [-0.25, -0.2) is 4.98 Å². The Morgan fingerprint density at radius 1 is 1.27 bits per heavy atom. The third-order valence-electron chi connectivity index (χ3n) is 3.72. The summed E-state index contributed by atoms with van der Waals surface area (Å²) in [6.07, 6.45) is 7.45. The molecule has 0 bridgehead atoms. The van der Waals surface area contributed by atoms with Crippen LogP contribution in [-0.2, 0) is 17.9 Å². The van der Waals surface area contributed by atoms with E-state index in [9.17, 15) is 4.79 Å². The molecule has 5 heteroatoms. The van der Waals surface area contributed by atoms with Crippen LogP contribution < -0.4 is 5.32 Å². The number of benzene rings is 1. The van der Waals surface area contributed by atoms with Gasteiger partial charge in [0.1, 0.15) is 6.54 Å². The van der Waals surface area contributed by atoms with Crippen LogP contribution in [0, 0.1) is 5.92 Å². The maximum Gasteiger partial charge on any atom is 0.239 e. The van der Waals surface area contributed by atoms with Gasteiger partial charge < -0.3 is 14.5 Å². The summed E-state index contributed by atoms with van der Waals surface area (Å²) in [5, 5.41) is 4.16. The first-order valence-corrected chi connectivity index (χ1v) is 7.48. The highest BCUT2D eigenvalue weighted by Gasteiger charge is 2.08. The molecule has 22 heavy (non-hydrogen) atoms. The van der Waals surface area contributed by atoms with E-state index in [2.05, 4.69) is 23.3 Å². The zero-order valence-corrected chi connectivity index (χ0v) is 12.6. The van der Waals surface area contributed by atoms with Gasteiger partial charge in [-0.2, -0.15) is 0 Å². The molecule has 0 spiro atoms. The molecule has 0 aliphatic heterocycles. The largest absolute Gasteiger partial charge is 0.354 e. The number of fused-ring (bicyclic) bond motifs is 1. The van der Waals surface area contributed by atoms with Gasteiger partial charge >= 0.3 is 0 Å². The molecule has 0 saturated carbocycles. The lowest BCUT2D eigenvalue weighted by atomic mass is 10.2. The average molecular weight is 296 g/mol. The minimum Gasteiger partial charge on any atom is -0.354 e. The van der Waals surface area contributed by atoms with E-state index in [1.807, 2.05) is 45.8 Å². The van der Waals surface area contributed by atoms with Gasteiger partial charge in [-0.1, -0.05) is 25.1 Å². The molecule has 1 atom stereocenters. The van der Waals surface area contributed by atoms with E-state index in [0.717, 1.165) is 17.4 Å². The summed E-state index contributed by atoms with van der Waals surface area (Å²) in [4.78, 5) is 16.1. The topological polar surface area (TPSA) is 51.9 Å². The molecular formula is C17H20N4O. The second kappa shape index (κ2) is 6.47. The number of hydrogen-bond acceptors (Lipinski definition) is 2. The van der Waals surface area contributed by atoms with Gasteiger partial charge in [0.05, 0.1) is 6.33 Å². The Kier molecular flexibility index (Phi) is 4.23. The Balaban J connectivity index is 1.52. The van der Waals surface area contributed by atoms with E-state index in [0.29, 0.717) is 19.0 Å². The Hall–Kier alpha value is -2.56. The molecular weight excluding hydrogens is 276 g/mol. The van der Waals surface area contributed by atoms with Crippen LogP contribution in [0.1, 0.15) is 6.92 Å². The lowest BCUT2D eigenvalue weighted by Crippen LogP contribution is -2.32. The number of nitrogens with zero attached hydrogens (tertiary/aromatic N) is 3. The molecule has 0 fully saturated rings. The maximum absolute atomic E-state index is 12.1.